The summed E-state index contributed by atoms with van der Waals surface area (Å²) >= 11 is 0. The second-order valence-corrected chi connectivity index (χ2v) is 14.1. The van der Waals surface area contributed by atoms with Crippen LogP contribution in [0.2, 0.25) is 0 Å². The van der Waals surface area contributed by atoms with Crippen molar-refractivity contribution in [2.24, 2.45) is 10.9 Å². The van der Waals surface area contributed by atoms with Crippen molar-refractivity contribution in [1.29, 1.82) is 0 Å². The van der Waals surface area contributed by atoms with Crippen LogP contribution in [0.15, 0.2) is 150 Å². The fourth-order valence-corrected chi connectivity index (χ4v) is 9.65. The van der Waals surface area contributed by atoms with Gasteiger partial charge in [0.15, 0.2) is 7.14 Å². The number of hydrogen-bond acceptors (Lipinski definition) is 2. The highest BCUT2D eigenvalue weighted by molar-refractivity contribution is 7.82. The van der Waals surface area contributed by atoms with Crippen LogP contribution < -0.4 is 21.2 Å². The van der Waals surface area contributed by atoms with Gasteiger partial charge in [0.25, 0.3) is 0 Å². The van der Waals surface area contributed by atoms with Crippen molar-refractivity contribution in [1.82, 2.24) is 0 Å². The van der Waals surface area contributed by atoms with Crippen molar-refractivity contribution in [2.45, 2.75) is 18.9 Å². The monoisotopic (exact) mass is 559 g/mol. The van der Waals surface area contributed by atoms with Crippen molar-refractivity contribution in [3.8, 4) is 0 Å². The van der Waals surface area contributed by atoms with Gasteiger partial charge in [-0.3, -0.25) is 4.99 Å². The Balaban J connectivity index is 1.34. The average molecular weight is 560 g/mol. The van der Waals surface area contributed by atoms with Crippen LogP contribution in [-0.4, -0.2) is 0 Å². The Bertz CT molecular complexity index is 2120. The molecule has 0 fully saturated rings. The van der Waals surface area contributed by atoms with Gasteiger partial charge in [-0.1, -0.05) is 146 Å². The van der Waals surface area contributed by atoms with Crippen LogP contribution in [0.1, 0.15) is 35.6 Å². The zero-order chi connectivity index (χ0) is 28.1. The SMILES string of the molecule is O=P(C1=CCCC=C1)(c1ccccc1)c1ccc(C2=c3ccc4ccccc4c3=NC3c4ccccc4C=CC23)cc1. The maximum Gasteiger partial charge on any atom is 0.170 e. The van der Waals surface area contributed by atoms with E-state index in [2.05, 4.69) is 115 Å². The largest absolute Gasteiger partial charge is 0.309 e. The van der Waals surface area contributed by atoms with Crippen LogP contribution >= 0.6 is 7.14 Å². The number of fused-ring (bicyclic) bond motifs is 6. The van der Waals surface area contributed by atoms with E-state index < -0.39 is 7.14 Å². The first-order chi connectivity index (χ1) is 20.7. The Labute approximate surface area is 246 Å². The molecule has 0 bridgehead atoms. The maximum absolute atomic E-state index is 15.0. The van der Waals surface area contributed by atoms with E-state index in [0.717, 1.165) is 39.7 Å². The summed E-state index contributed by atoms with van der Waals surface area (Å²) in [7, 11) is -3.00. The molecule has 0 amide bonds. The van der Waals surface area contributed by atoms with E-state index in [4.69, 9.17) is 4.99 Å². The topological polar surface area (TPSA) is 29.4 Å². The molecule has 8 rings (SSSR count). The molecule has 0 spiro atoms. The van der Waals surface area contributed by atoms with E-state index in [-0.39, 0.29) is 12.0 Å². The molecule has 0 saturated carbocycles. The molecule has 0 radical (unpaired) electrons. The standard InChI is InChI=1S/C39H30NOP/c41-42(30-13-3-1-4-14-30,31-15-5-2-6-16-31)32-23-19-29(20-24-32)37-35-25-21-27-11-7-9-17-33(27)38(35)40-39-34-18-10-8-12-28(34)22-26-36(37)39/h1,3-5,7-26,35,38H,2,6H2. The van der Waals surface area contributed by atoms with Crippen LogP contribution in [0.5, 0.6) is 0 Å². The van der Waals surface area contributed by atoms with E-state index in [1.807, 2.05) is 30.3 Å². The lowest BCUT2D eigenvalue weighted by atomic mass is 9.76. The van der Waals surface area contributed by atoms with E-state index in [1.54, 1.807) is 0 Å². The van der Waals surface area contributed by atoms with Crippen LogP contribution in [-0.2, 0) is 4.57 Å². The van der Waals surface area contributed by atoms with E-state index >= 15 is 4.57 Å². The zero-order valence-corrected chi connectivity index (χ0v) is 24.1. The van der Waals surface area contributed by atoms with E-state index in [1.165, 1.54) is 32.7 Å². The van der Waals surface area contributed by atoms with Crippen molar-refractivity contribution in [3.05, 3.63) is 172 Å². The lowest BCUT2D eigenvalue weighted by Crippen LogP contribution is -2.37. The van der Waals surface area contributed by atoms with Gasteiger partial charge >= 0.3 is 0 Å². The van der Waals surface area contributed by atoms with Crippen LogP contribution in [0.4, 0.5) is 0 Å². The Morgan fingerprint density at radius 1 is 0.690 bits per heavy atom. The number of nitrogens with zero attached hydrogens (tertiary/aromatic N) is 1. The molecule has 0 N–H and O–H groups in total. The first kappa shape index (κ1) is 25.2. The lowest BCUT2D eigenvalue weighted by Gasteiger charge is -2.32. The van der Waals surface area contributed by atoms with Crippen molar-refractivity contribution in [2.75, 3.05) is 0 Å². The summed E-state index contributed by atoms with van der Waals surface area (Å²) in [5.74, 6) is 0.115. The van der Waals surface area contributed by atoms with Gasteiger partial charge in [0, 0.05) is 32.4 Å². The summed E-state index contributed by atoms with van der Waals surface area (Å²) in [5, 5.41) is 7.30. The first-order valence-electron chi connectivity index (χ1n) is 14.7. The summed E-state index contributed by atoms with van der Waals surface area (Å²) in [6, 6.07) is 40.1. The summed E-state index contributed by atoms with van der Waals surface area (Å²) in [5.41, 5.74) is 4.93. The minimum absolute atomic E-state index is 0.00660. The Morgan fingerprint density at radius 2 is 1.45 bits per heavy atom. The summed E-state index contributed by atoms with van der Waals surface area (Å²) in [6.07, 6.45) is 12.9. The summed E-state index contributed by atoms with van der Waals surface area (Å²) in [6.45, 7) is 0. The minimum Gasteiger partial charge on any atom is -0.309 e. The molecule has 2 aliphatic carbocycles. The molecular formula is C39H30NOP. The second kappa shape index (κ2) is 10.1. The lowest BCUT2D eigenvalue weighted by molar-refractivity contribution is 0.591. The minimum atomic E-state index is -3.00. The zero-order valence-electron chi connectivity index (χ0n) is 23.2. The smallest absolute Gasteiger partial charge is 0.170 e. The van der Waals surface area contributed by atoms with Gasteiger partial charge in [0.2, 0.25) is 0 Å². The molecule has 3 atom stereocenters. The van der Waals surface area contributed by atoms with Gasteiger partial charge in [-0.05, 0) is 40.5 Å². The Morgan fingerprint density at radius 3 is 2.29 bits per heavy atom. The Kier molecular flexibility index (Phi) is 6.05. The third-order valence-electron chi connectivity index (χ3n) is 8.93. The number of benzene rings is 5. The van der Waals surface area contributed by atoms with Crippen molar-refractivity contribution in [3.63, 3.8) is 0 Å². The number of rotatable bonds is 4. The highest BCUT2D eigenvalue weighted by Gasteiger charge is 2.34. The predicted molar refractivity (Wildman–Crippen MR) is 175 cm³/mol. The van der Waals surface area contributed by atoms with Crippen molar-refractivity contribution >= 4 is 40.2 Å². The second-order valence-electron chi connectivity index (χ2n) is 11.3. The molecule has 0 saturated heterocycles. The van der Waals surface area contributed by atoms with Crippen molar-refractivity contribution < 1.29 is 4.57 Å². The molecule has 42 heavy (non-hydrogen) atoms. The molecule has 2 nitrogen and oxygen atoms in total. The van der Waals surface area contributed by atoms with E-state index in [9.17, 15) is 0 Å². The predicted octanol–water partition coefficient (Wildman–Crippen LogP) is 7.60. The average Bonchev–Trinajstić information content (AvgIpc) is 3.07. The molecule has 5 aromatic carbocycles. The normalized spacial score (nSPS) is 20.1. The van der Waals surface area contributed by atoms with Crippen LogP contribution in [0.25, 0.3) is 22.4 Å². The summed E-state index contributed by atoms with van der Waals surface area (Å²) in [4.78, 5) is 5.44. The molecule has 1 heterocycles. The molecule has 3 unspecified atom stereocenters. The quantitative estimate of drug-likeness (QED) is 0.209. The number of hydrogen-bond donors (Lipinski definition) is 0. The fourth-order valence-electron chi connectivity index (χ4n) is 6.89. The molecule has 5 aromatic rings. The maximum atomic E-state index is 15.0. The van der Waals surface area contributed by atoms with Crippen LogP contribution in [0, 0.1) is 5.92 Å². The van der Waals surface area contributed by atoms with Crippen LogP contribution in [0.3, 0.4) is 0 Å². The fraction of sp³-hybridized carbons (Fsp3) is 0.103. The Hall–Kier alpha value is -4.52. The third-order valence-corrected chi connectivity index (χ3v) is 12.0. The van der Waals surface area contributed by atoms with Gasteiger partial charge in [0.1, 0.15) is 0 Å². The number of allylic oxidation sites excluding steroid dienone is 4. The molecule has 3 aliphatic rings. The molecular weight excluding hydrogens is 529 g/mol. The molecule has 0 aromatic heterocycles. The molecule has 3 heteroatoms. The highest BCUT2D eigenvalue weighted by atomic mass is 31.2. The molecule has 1 aliphatic heterocycles. The highest BCUT2D eigenvalue weighted by Crippen LogP contribution is 2.53. The van der Waals surface area contributed by atoms with Gasteiger partial charge < -0.3 is 4.57 Å². The van der Waals surface area contributed by atoms with Gasteiger partial charge in [-0.2, -0.15) is 0 Å². The molecule has 202 valence electrons. The summed E-state index contributed by atoms with van der Waals surface area (Å²) < 4.78 is 15.0. The van der Waals surface area contributed by atoms with Gasteiger partial charge in [0.05, 0.1) is 11.4 Å². The van der Waals surface area contributed by atoms with E-state index in [0.29, 0.717) is 0 Å². The van der Waals surface area contributed by atoms with Gasteiger partial charge in [-0.15, -0.1) is 0 Å². The third kappa shape index (κ3) is 3.94. The van der Waals surface area contributed by atoms with Gasteiger partial charge in [-0.25, -0.2) is 0 Å². The first-order valence-corrected chi connectivity index (χ1v) is 16.4.